The second kappa shape index (κ2) is 3.61. The molecule has 0 unspecified atom stereocenters. The van der Waals surface area contributed by atoms with Crippen LogP contribution in [0.15, 0.2) is 28.7 Å². The van der Waals surface area contributed by atoms with Gasteiger partial charge in [0.1, 0.15) is 5.75 Å². The number of nitrogens with zero attached hydrogens (tertiary/aromatic N) is 2. The Morgan fingerprint density at radius 3 is 2.56 bits per heavy atom. The lowest BCUT2D eigenvalue weighted by atomic mass is 10.0. The van der Waals surface area contributed by atoms with Crippen LogP contribution in [-0.4, -0.2) is 28.4 Å². The van der Waals surface area contributed by atoms with Crippen molar-refractivity contribution in [3.63, 3.8) is 0 Å². The Morgan fingerprint density at radius 1 is 1.19 bits per heavy atom. The molecule has 16 heavy (non-hydrogen) atoms. The lowest BCUT2D eigenvalue weighted by Gasteiger charge is -2.22. The number of hydrogen-bond acceptors (Lipinski definition) is 5. The van der Waals surface area contributed by atoms with Gasteiger partial charge in [0.25, 0.3) is 0 Å². The molecule has 1 aromatic carbocycles. The monoisotopic (exact) mass is 217 g/mol. The zero-order chi connectivity index (χ0) is 11.0. The summed E-state index contributed by atoms with van der Waals surface area (Å²) in [6.45, 7) is 1.80. The Kier molecular flexibility index (Phi) is 2.11. The molecule has 0 aliphatic carbocycles. The molecular formula is C11H11N3O2. The van der Waals surface area contributed by atoms with E-state index < -0.39 is 0 Å². The number of aromatic nitrogens is 2. The Morgan fingerprint density at radius 2 is 1.94 bits per heavy atom. The molecule has 1 fully saturated rings. The normalized spacial score (nSPS) is 16.0. The van der Waals surface area contributed by atoms with Crippen molar-refractivity contribution in [2.75, 3.05) is 13.1 Å². The van der Waals surface area contributed by atoms with Gasteiger partial charge in [-0.2, -0.15) is 0 Å². The third-order valence-electron chi connectivity index (χ3n) is 2.69. The van der Waals surface area contributed by atoms with E-state index in [2.05, 4.69) is 15.5 Å². The minimum absolute atomic E-state index is 0.228. The highest BCUT2D eigenvalue weighted by Crippen LogP contribution is 2.24. The maximum absolute atomic E-state index is 9.17. The van der Waals surface area contributed by atoms with E-state index in [1.165, 1.54) is 0 Å². The Hall–Kier alpha value is -1.88. The first-order valence-electron chi connectivity index (χ1n) is 5.16. The Labute approximate surface area is 92.1 Å². The lowest BCUT2D eigenvalue weighted by Crippen LogP contribution is -2.40. The van der Waals surface area contributed by atoms with E-state index in [1.807, 2.05) is 0 Å². The molecule has 5 nitrogen and oxygen atoms in total. The number of nitrogens with one attached hydrogen (secondary N) is 1. The van der Waals surface area contributed by atoms with Crippen LogP contribution in [0.3, 0.4) is 0 Å². The molecule has 1 saturated heterocycles. The minimum atomic E-state index is 0.228. The Bertz CT molecular complexity index is 488. The van der Waals surface area contributed by atoms with Crippen molar-refractivity contribution in [1.82, 2.24) is 15.5 Å². The van der Waals surface area contributed by atoms with Crippen LogP contribution < -0.4 is 5.32 Å². The lowest BCUT2D eigenvalue weighted by molar-refractivity contribution is 0.361. The maximum atomic E-state index is 9.17. The quantitative estimate of drug-likeness (QED) is 0.789. The van der Waals surface area contributed by atoms with Crippen molar-refractivity contribution < 1.29 is 9.52 Å². The van der Waals surface area contributed by atoms with E-state index in [0.29, 0.717) is 17.7 Å². The van der Waals surface area contributed by atoms with E-state index >= 15 is 0 Å². The fourth-order valence-electron chi connectivity index (χ4n) is 1.58. The summed E-state index contributed by atoms with van der Waals surface area (Å²) < 4.78 is 5.57. The van der Waals surface area contributed by atoms with E-state index in [1.54, 1.807) is 24.3 Å². The smallest absolute Gasteiger partial charge is 0.247 e. The largest absolute Gasteiger partial charge is 0.508 e. The highest BCUT2D eigenvalue weighted by atomic mass is 16.4. The van der Waals surface area contributed by atoms with Gasteiger partial charge in [-0.25, -0.2) is 0 Å². The van der Waals surface area contributed by atoms with E-state index in [9.17, 15) is 0 Å². The first-order valence-corrected chi connectivity index (χ1v) is 5.16. The third-order valence-corrected chi connectivity index (χ3v) is 2.69. The summed E-state index contributed by atoms with van der Waals surface area (Å²) in [6.07, 6.45) is 0. The van der Waals surface area contributed by atoms with Crippen molar-refractivity contribution >= 4 is 0 Å². The molecule has 3 rings (SSSR count). The molecule has 2 heterocycles. The molecule has 0 spiro atoms. The number of hydrogen-bond donors (Lipinski definition) is 2. The predicted molar refractivity (Wildman–Crippen MR) is 57.0 cm³/mol. The highest BCUT2D eigenvalue weighted by molar-refractivity contribution is 5.53. The van der Waals surface area contributed by atoms with E-state index in [4.69, 9.17) is 9.52 Å². The van der Waals surface area contributed by atoms with Crippen LogP contribution in [0.1, 0.15) is 11.8 Å². The summed E-state index contributed by atoms with van der Waals surface area (Å²) in [5, 5.41) is 20.3. The van der Waals surface area contributed by atoms with Crippen LogP contribution in [0.4, 0.5) is 0 Å². The highest BCUT2D eigenvalue weighted by Gasteiger charge is 2.24. The van der Waals surface area contributed by atoms with Crippen LogP contribution >= 0.6 is 0 Å². The van der Waals surface area contributed by atoms with Crippen LogP contribution in [0.25, 0.3) is 11.5 Å². The minimum Gasteiger partial charge on any atom is -0.508 e. The zero-order valence-corrected chi connectivity index (χ0v) is 8.55. The molecule has 82 valence electrons. The van der Waals surface area contributed by atoms with Crippen molar-refractivity contribution in [3.8, 4) is 17.2 Å². The number of aromatic hydroxyl groups is 1. The van der Waals surface area contributed by atoms with E-state index in [-0.39, 0.29) is 5.75 Å². The van der Waals surface area contributed by atoms with Gasteiger partial charge in [-0.1, -0.05) is 0 Å². The van der Waals surface area contributed by atoms with Gasteiger partial charge < -0.3 is 14.8 Å². The molecular weight excluding hydrogens is 206 g/mol. The van der Waals surface area contributed by atoms with Crippen LogP contribution in [0.5, 0.6) is 5.75 Å². The second-order valence-electron chi connectivity index (χ2n) is 3.85. The predicted octanol–water partition coefficient (Wildman–Crippen LogP) is 1.13. The topological polar surface area (TPSA) is 71.2 Å². The fourth-order valence-corrected chi connectivity index (χ4v) is 1.58. The van der Waals surface area contributed by atoms with E-state index in [0.717, 1.165) is 18.7 Å². The number of rotatable bonds is 2. The van der Waals surface area contributed by atoms with Gasteiger partial charge in [-0.15, -0.1) is 10.2 Å². The molecule has 0 radical (unpaired) electrons. The SMILES string of the molecule is Oc1ccc(-c2nnc(C3CNC3)o2)cc1. The summed E-state index contributed by atoms with van der Waals surface area (Å²) in [7, 11) is 0. The summed E-state index contributed by atoms with van der Waals surface area (Å²) in [4.78, 5) is 0. The third kappa shape index (κ3) is 1.55. The standard InChI is InChI=1S/C11H11N3O2/c15-9-3-1-7(2-4-9)10-13-14-11(16-10)8-5-12-6-8/h1-4,8,12,15H,5-6H2. The number of phenolic OH excluding ortho intramolecular Hbond substituents is 1. The van der Waals surface area contributed by atoms with Gasteiger partial charge in [0.15, 0.2) is 0 Å². The van der Waals surface area contributed by atoms with Gasteiger partial charge in [0, 0.05) is 18.7 Å². The van der Waals surface area contributed by atoms with Crippen LogP contribution in [-0.2, 0) is 0 Å². The first kappa shape index (κ1) is 9.35. The van der Waals surface area contributed by atoms with Crippen molar-refractivity contribution in [3.05, 3.63) is 30.2 Å². The van der Waals surface area contributed by atoms with Crippen molar-refractivity contribution in [2.24, 2.45) is 0 Å². The molecule has 0 bridgehead atoms. The molecule has 1 aromatic heterocycles. The molecule has 2 aromatic rings. The van der Waals surface area contributed by atoms with Gasteiger partial charge in [-0.05, 0) is 24.3 Å². The van der Waals surface area contributed by atoms with Gasteiger partial charge in [0.2, 0.25) is 11.8 Å². The van der Waals surface area contributed by atoms with Gasteiger partial charge in [-0.3, -0.25) is 0 Å². The molecule has 2 N–H and O–H groups in total. The average molecular weight is 217 g/mol. The van der Waals surface area contributed by atoms with Crippen molar-refractivity contribution in [2.45, 2.75) is 5.92 Å². The second-order valence-corrected chi connectivity index (χ2v) is 3.85. The molecule has 0 amide bonds. The number of benzene rings is 1. The van der Waals surface area contributed by atoms with Crippen molar-refractivity contribution in [1.29, 1.82) is 0 Å². The number of phenols is 1. The summed E-state index contributed by atoms with van der Waals surface area (Å²) in [5.74, 6) is 1.76. The average Bonchev–Trinajstić information content (AvgIpc) is 2.65. The first-order chi connectivity index (χ1) is 7.83. The molecule has 1 aliphatic rings. The molecule has 0 saturated carbocycles. The molecule has 1 aliphatic heterocycles. The molecule has 0 atom stereocenters. The Balaban J connectivity index is 1.88. The summed E-state index contributed by atoms with van der Waals surface area (Å²) in [5.41, 5.74) is 0.823. The van der Waals surface area contributed by atoms with Gasteiger partial charge >= 0.3 is 0 Å². The summed E-state index contributed by atoms with van der Waals surface area (Å²) >= 11 is 0. The van der Waals surface area contributed by atoms with Crippen LogP contribution in [0.2, 0.25) is 0 Å². The fraction of sp³-hybridized carbons (Fsp3) is 0.273. The van der Waals surface area contributed by atoms with Crippen LogP contribution in [0, 0.1) is 0 Å². The summed E-state index contributed by atoms with van der Waals surface area (Å²) in [6, 6.07) is 6.71. The zero-order valence-electron chi connectivity index (χ0n) is 8.55. The maximum Gasteiger partial charge on any atom is 0.247 e. The van der Waals surface area contributed by atoms with Gasteiger partial charge in [0.05, 0.1) is 5.92 Å². The molecule has 5 heteroatoms.